The Bertz CT molecular complexity index is 1530. The number of aromatic nitrogens is 2. The third kappa shape index (κ3) is 3.75. The molecule has 0 saturated carbocycles. The number of fused-ring (bicyclic) bond motifs is 1. The first-order chi connectivity index (χ1) is 17.1. The van der Waals surface area contributed by atoms with Crippen molar-refractivity contribution in [3.63, 3.8) is 0 Å². The van der Waals surface area contributed by atoms with Crippen molar-refractivity contribution in [2.75, 3.05) is 10.2 Å². The van der Waals surface area contributed by atoms with Gasteiger partial charge in [0, 0.05) is 22.9 Å². The van der Waals surface area contributed by atoms with Gasteiger partial charge in [-0.3, -0.25) is 9.69 Å². The molecule has 0 fully saturated rings. The average Bonchev–Trinajstić information content (AvgIpc) is 2.89. The molecule has 0 radical (unpaired) electrons. The number of hydrogen-bond acceptors (Lipinski definition) is 7. The van der Waals surface area contributed by atoms with Crippen molar-refractivity contribution in [3.05, 3.63) is 111 Å². The van der Waals surface area contributed by atoms with Crippen LogP contribution in [0.25, 0.3) is 0 Å². The van der Waals surface area contributed by atoms with E-state index in [2.05, 4.69) is 33.2 Å². The van der Waals surface area contributed by atoms with Crippen LogP contribution in [0.2, 0.25) is 0 Å². The molecular formula is C25H17N7OS2. The van der Waals surface area contributed by atoms with Gasteiger partial charge in [-0.15, -0.1) is 0 Å². The highest BCUT2D eigenvalue weighted by Crippen LogP contribution is 2.45. The maximum atomic E-state index is 13.3. The zero-order chi connectivity index (χ0) is 24.5. The minimum absolute atomic E-state index is 0.143. The third-order valence-corrected chi connectivity index (χ3v) is 6.36. The van der Waals surface area contributed by atoms with Crippen molar-refractivity contribution >= 4 is 41.5 Å². The summed E-state index contributed by atoms with van der Waals surface area (Å²) in [4.78, 5) is 22.5. The molecule has 1 atom stereocenters. The Labute approximate surface area is 211 Å². The maximum Gasteiger partial charge on any atom is 0.257 e. The number of rotatable bonds is 3. The Morgan fingerprint density at radius 3 is 2.34 bits per heavy atom. The quantitative estimate of drug-likeness (QED) is 0.247. The summed E-state index contributed by atoms with van der Waals surface area (Å²) >= 11 is 9.96. The molecule has 2 aliphatic heterocycles. The summed E-state index contributed by atoms with van der Waals surface area (Å²) < 4.78 is 0. The minimum Gasteiger partial charge on any atom is -0.330 e. The van der Waals surface area contributed by atoms with Gasteiger partial charge in [0.25, 0.3) is 5.56 Å². The highest BCUT2D eigenvalue weighted by Gasteiger charge is 2.42. The predicted molar refractivity (Wildman–Crippen MR) is 139 cm³/mol. The van der Waals surface area contributed by atoms with Crippen LogP contribution in [0, 0.1) is 22.7 Å². The van der Waals surface area contributed by atoms with E-state index in [0.717, 1.165) is 11.3 Å². The van der Waals surface area contributed by atoms with Gasteiger partial charge in [0.1, 0.15) is 29.6 Å². The van der Waals surface area contributed by atoms with Gasteiger partial charge in [-0.25, -0.2) is 4.98 Å². The Morgan fingerprint density at radius 2 is 1.71 bits per heavy atom. The smallest absolute Gasteiger partial charge is 0.257 e. The lowest BCUT2D eigenvalue weighted by Crippen LogP contribution is -2.49. The summed E-state index contributed by atoms with van der Waals surface area (Å²) in [5.74, 6) is 0.899. The van der Waals surface area contributed by atoms with Crippen LogP contribution in [0.4, 0.5) is 11.5 Å². The zero-order valence-electron chi connectivity index (χ0n) is 18.1. The summed E-state index contributed by atoms with van der Waals surface area (Å²) in [5.41, 5.74) is 2.25. The number of hydrogen-bond donors (Lipinski definition) is 4. The van der Waals surface area contributed by atoms with E-state index in [4.69, 9.17) is 12.2 Å². The minimum atomic E-state index is -0.638. The lowest BCUT2D eigenvalue weighted by atomic mass is 9.80. The number of nitriles is 2. The van der Waals surface area contributed by atoms with Crippen molar-refractivity contribution in [1.29, 1.82) is 10.5 Å². The molecule has 35 heavy (non-hydrogen) atoms. The van der Waals surface area contributed by atoms with Gasteiger partial charge in [-0.1, -0.05) is 48.5 Å². The highest BCUT2D eigenvalue weighted by molar-refractivity contribution is 7.80. The van der Waals surface area contributed by atoms with Crippen LogP contribution < -0.4 is 21.1 Å². The van der Waals surface area contributed by atoms with Crippen molar-refractivity contribution in [2.45, 2.75) is 11.7 Å². The molecule has 3 N–H and O–H groups in total. The molecular weight excluding hydrogens is 478 g/mol. The lowest BCUT2D eigenvalue weighted by molar-refractivity contribution is 0.811. The van der Waals surface area contributed by atoms with E-state index < -0.39 is 5.92 Å². The van der Waals surface area contributed by atoms with E-state index >= 15 is 0 Å². The Kier molecular flexibility index (Phi) is 5.83. The summed E-state index contributed by atoms with van der Waals surface area (Å²) in [5, 5.41) is 26.2. The molecule has 1 unspecified atom stereocenters. The Balaban J connectivity index is 1.90. The number of nitrogens with zero attached hydrogens (tertiary/aromatic N) is 4. The second-order valence-corrected chi connectivity index (χ2v) is 8.44. The van der Waals surface area contributed by atoms with Gasteiger partial charge < -0.3 is 15.6 Å². The number of aromatic amines is 1. The van der Waals surface area contributed by atoms with Crippen molar-refractivity contribution < 1.29 is 0 Å². The molecule has 8 nitrogen and oxygen atoms in total. The number of para-hydroxylation sites is 1. The largest absolute Gasteiger partial charge is 0.330 e. The number of anilines is 2. The first-order valence-electron chi connectivity index (χ1n) is 10.6. The van der Waals surface area contributed by atoms with Crippen LogP contribution >= 0.6 is 24.8 Å². The van der Waals surface area contributed by atoms with Crippen LogP contribution in [0.15, 0.2) is 88.1 Å². The number of thiocarbonyl (C=S) groups is 1. The van der Waals surface area contributed by atoms with Gasteiger partial charge in [0.05, 0.1) is 11.3 Å². The first-order valence-corrected chi connectivity index (χ1v) is 11.6. The Hall–Kier alpha value is -4.38. The Morgan fingerprint density at radius 1 is 1.06 bits per heavy atom. The monoisotopic (exact) mass is 495 g/mol. The zero-order valence-corrected chi connectivity index (χ0v) is 19.8. The molecule has 5 rings (SSSR count). The second-order valence-electron chi connectivity index (χ2n) is 7.74. The van der Waals surface area contributed by atoms with Crippen LogP contribution in [0.1, 0.15) is 22.9 Å². The molecule has 0 amide bonds. The van der Waals surface area contributed by atoms with Gasteiger partial charge in [0.2, 0.25) is 0 Å². The van der Waals surface area contributed by atoms with Crippen molar-refractivity contribution in [3.8, 4) is 12.1 Å². The summed E-state index contributed by atoms with van der Waals surface area (Å²) in [6.07, 6.45) is 0. The van der Waals surface area contributed by atoms with Crippen LogP contribution in [-0.4, -0.2) is 15.1 Å². The highest BCUT2D eigenvalue weighted by atomic mass is 32.1. The van der Waals surface area contributed by atoms with Crippen LogP contribution in [0.3, 0.4) is 0 Å². The predicted octanol–water partition coefficient (Wildman–Crippen LogP) is 3.66. The maximum absolute atomic E-state index is 13.3. The first kappa shape index (κ1) is 22.4. The molecule has 170 valence electrons. The SMILES string of the molecule is N#CC(C#N)=C1NC(=S)N(c2ccccc2)C2=C1C(c1ccccc1)c1c(nc(CS)[nH]c1=O)N2. The molecule has 0 aliphatic carbocycles. The van der Waals surface area contributed by atoms with Gasteiger partial charge in [-0.2, -0.15) is 23.2 Å². The molecule has 0 bridgehead atoms. The number of benzene rings is 2. The molecule has 3 heterocycles. The van der Waals surface area contributed by atoms with E-state index in [1.807, 2.05) is 72.8 Å². The fraction of sp³-hybridized carbons (Fsp3) is 0.0800. The van der Waals surface area contributed by atoms with Crippen molar-refractivity contribution in [2.24, 2.45) is 0 Å². The fourth-order valence-electron chi connectivity index (χ4n) is 4.33. The average molecular weight is 496 g/mol. The topological polar surface area (TPSA) is 121 Å². The standard InChI is InChI=1S/C25H17N7OS2/c26-11-15(12-27)21-19-18(14-7-3-1-4-8-14)20-22(28-17(13-34)29-24(20)33)31-23(19)32(25(35)30-21)16-9-5-2-6-10-16/h1-10,18,34H,13H2,(H,30,35)(H2,28,29,31,33). The molecule has 2 aromatic carbocycles. The molecule has 0 saturated heterocycles. The normalized spacial score (nSPS) is 16.3. The molecule has 0 spiro atoms. The van der Waals surface area contributed by atoms with E-state index in [1.165, 1.54) is 0 Å². The van der Waals surface area contributed by atoms with Gasteiger partial charge in [0.15, 0.2) is 10.7 Å². The number of allylic oxidation sites excluding steroid dienone is 2. The van der Waals surface area contributed by atoms with E-state index in [-0.39, 0.29) is 27.7 Å². The summed E-state index contributed by atoms with van der Waals surface area (Å²) in [7, 11) is 0. The number of nitrogens with one attached hydrogen (secondary N) is 3. The molecule has 10 heteroatoms. The van der Waals surface area contributed by atoms with E-state index in [9.17, 15) is 15.3 Å². The van der Waals surface area contributed by atoms with Crippen LogP contribution in [-0.2, 0) is 5.75 Å². The van der Waals surface area contributed by atoms with Gasteiger partial charge in [-0.05, 0) is 29.9 Å². The van der Waals surface area contributed by atoms with Gasteiger partial charge >= 0.3 is 0 Å². The summed E-state index contributed by atoms with van der Waals surface area (Å²) in [6, 6.07) is 22.8. The van der Waals surface area contributed by atoms with Crippen LogP contribution in [0.5, 0.6) is 0 Å². The number of H-pyrrole nitrogens is 1. The van der Waals surface area contributed by atoms with E-state index in [0.29, 0.717) is 28.6 Å². The second kappa shape index (κ2) is 9.11. The van der Waals surface area contributed by atoms with E-state index in [1.54, 1.807) is 4.90 Å². The lowest BCUT2D eigenvalue weighted by Gasteiger charge is -2.41. The fourth-order valence-corrected chi connectivity index (χ4v) is 4.78. The third-order valence-electron chi connectivity index (χ3n) is 5.77. The summed E-state index contributed by atoms with van der Waals surface area (Å²) in [6.45, 7) is 0. The molecule has 3 aromatic rings. The number of thiol groups is 1. The molecule has 2 aliphatic rings. The van der Waals surface area contributed by atoms with Crippen molar-refractivity contribution in [1.82, 2.24) is 15.3 Å². The molecule has 1 aromatic heterocycles.